The molecular weight excluding hydrogens is 328 g/mol. The molecule has 3 aromatic rings. The van der Waals surface area contributed by atoms with Crippen molar-refractivity contribution in [3.05, 3.63) is 76.9 Å². The molecule has 1 aliphatic heterocycles. The highest BCUT2D eigenvalue weighted by atomic mass is 35.5. The van der Waals surface area contributed by atoms with E-state index >= 15 is 0 Å². The summed E-state index contributed by atoms with van der Waals surface area (Å²) in [5.74, 6) is 0. The van der Waals surface area contributed by atoms with Gasteiger partial charge in [-0.2, -0.15) is 0 Å². The molecule has 0 N–H and O–H groups in total. The van der Waals surface area contributed by atoms with Crippen molar-refractivity contribution < 1.29 is 0 Å². The van der Waals surface area contributed by atoms with Crippen LogP contribution in [-0.4, -0.2) is 22.6 Å². The van der Waals surface area contributed by atoms with Crippen LogP contribution in [0.5, 0.6) is 0 Å². The molecule has 25 heavy (non-hydrogen) atoms. The van der Waals surface area contributed by atoms with Crippen LogP contribution in [0.1, 0.15) is 24.1 Å². The van der Waals surface area contributed by atoms with Crippen LogP contribution < -0.4 is 0 Å². The van der Waals surface area contributed by atoms with E-state index in [4.69, 9.17) is 11.6 Å². The number of hydrogen-bond acceptors (Lipinski definition) is 1. The highest BCUT2D eigenvalue weighted by molar-refractivity contribution is 6.30. The largest absolute Gasteiger partial charge is 0.314 e. The number of aromatic nitrogens is 1. The van der Waals surface area contributed by atoms with Crippen molar-refractivity contribution >= 4 is 11.6 Å². The van der Waals surface area contributed by atoms with Crippen LogP contribution in [-0.2, 0) is 6.54 Å². The fourth-order valence-electron chi connectivity index (χ4n) is 3.74. The molecule has 2 nitrogen and oxygen atoms in total. The zero-order valence-corrected chi connectivity index (χ0v) is 15.3. The summed E-state index contributed by atoms with van der Waals surface area (Å²) >= 11 is 6.10. The van der Waals surface area contributed by atoms with Gasteiger partial charge in [0.05, 0.1) is 5.69 Å². The molecule has 0 atom stereocenters. The molecule has 1 fully saturated rings. The average Bonchev–Trinajstić information content (AvgIpc) is 3.26. The van der Waals surface area contributed by atoms with Crippen LogP contribution in [0, 0.1) is 6.92 Å². The topological polar surface area (TPSA) is 8.17 Å². The summed E-state index contributed by atoms with van der Waals surface area (Å²) in [7, 11) is 0. The van der Waals surface area contributed by atoms with Crippen molar-refractivity contribution in [1.29, 1.82) is 0 Å². The third-order valence-electron chi connectivity index (χ3n) is 5.10. The average molecular weight is 351 g/mol. The molecule has 0 amide bonds. The number of hydrogen-bond donors (Lipinski definition) is 0. The fourth-order valence-corrected chi connectivity index (χ4v) is 3.87. The Balaban J connectivity index is 1.81. The van der Waals surface area contributed by atoms with Gasteiger partial charge in [0.2, 0.25) is 0 Å². The first-order valence-corrected chi connectivity index (χ1v) is 9.35. The molecule has 128 valence electrons. The van der Waals surface area contributed by atoms with Crippen LogP contribution in [0.3, 0.4) is 0 Å². The Labute approximate surface area is 154 Å². The van der Waals surface area contributed by atoms with E-state index in [0.717, 1.165) is 17.3 Å². The first-order chi connectivity index (χ1) is 12.2. The Morgan fingerprint density at radius 2 is 1.60 bits per heavy atom. The van der Waals surface area contributed by atoms with Gasteiger partial charge in [0, 0.05) is 22.9 Å². The predicted molar refractivity (Wildman–Crippen MR) is 105 cm³/mol. The van der Waals surface area contributed by atoms with Crippen LogP contribution in [0.15, 0.2) is 60.7 Å². The van der Waals surface area contributed by atoms with Gasteiger partial charge in [-0.25, -0.2) is 0 Å². The molecule has 2 heterocycles. The van der Waals surface area contributed by atoms with E-state index in [9.17, 15) is 0 Å². The number of halogens is 1. The van der Waals surface area contributed by atoms with Crippen LogP contribution in [0.4, 0.5) is 0 Å². The van der Waals surface area contributed by atoms with E-state index in [1.54, 1.807) is 0 Å². The fraction of sp³-hybridized carbons (Fsp3) is 0.273. The van der Waals surface area contributed by atoms with E-state index in [2.05, 4.69) is 64.9 Å². The number of rotatable bonds is 4. The second kappa shape index (κ2) is 7.07. The molecule has 1 saturated heterocycles. The first kappa shape index (κ1) is 16.4. The minimum absolute atomic E-state index is 0.770. The van der Waals surface area contributed by atoms with E-state index in [0.29, 0.717) is 0 Å². The van der Waals surface area contributed by atoms with Gasteiger partial charge in [0.1, 0.15) is 0 Å². The van der Waals surface area contributed by atoms with Crippen LogP contribution >= 0.6 is 11.6 Å². The SMILES string of the molecule is Cc1c(CN2CCCC2)cc(-c2ccccc2)n1-c1ccc(Cl)cc1. The van der Waals surface area contributed by atoms with Crippen molar-refractivity contribution in [3.63, 3.8) is 0 Å². The Morgan fingerprint density at radius 3 is 2.28 bits per heavy atom. The van der Waals surface area contributed by atoms with Gasteiger partial charge in [-0.15, -0.1) is 0 Å². The van der Waals surface area contributed by atoms with Crippen molar-refractivity contribution in [2.45, 2.75) is 26.3 Å². The van der Waals surface area contributed by atoms with Gasteiger partial charge in [-0.3, -0.25) is 4.90 Å². The predicted octanol–water partition coefficient (Wildman–Crippen LogP) is 5.70. The standard InChI is InChI=1S/C22H23ClN2/c1-17-19(16-24-13-5-6-14-24)15-22(18-7-3-2-4-8-18)25(17)21-11-9-20(23)10-12-21/h2-4,7-12,15H,5-6,13-14,16H2,1H3. The molecule has 0 unspecified atom stereocenters. The zero-order valence-electron chi connectivity index (χ0n) is 14.6. The third kappa shape index (κ3) is 3.37. The van der Waals surface area contributed by atoms with Crippen molar-refractivity contribution in [2.24, 2.45) is 0 Å². The summed E-state index contributed by atoms with van der Waals surface area (Å²) in [5, 5.41) is 0.770. The molecule has 0 saturated carbocycles. The number of benzene rings is 2. The lowest BCUT2D eigenvalue weighted by Gasteiger charge is -2.15. The smallest absolute Gasteiger partial charge is 0.0534 e. The molecule has 3 heteroatoms. The van der Waals surface area contributed by atoms with Crippen molar-refractivity contribution in [1.82, 2.24) is 9.47 Å². The van der Waals surface area contributed by atoms with E-state index < -0.39 is 0 Å². The highest BCUT2D eigenvalue weighted by Gasteiger charge is 2.18. The summed E-state index contributed by atoms with van der Waals surface area (Å²) in [4.78, 5) is 2.56. The Kier molecular flexibility index (Phi) is 4.65. The highest BCUT2D eigenvalue weighted by Crippen LogP contribution is 2.31. The normalized spacial score (nSPS) is 15.0. The van der Waals surface area contributed by atoms with E-state index in [1.807, 2.05) is 12.1 Å². The minimum Gasteiger partial charge on any atom is -0.314 e. The van der Waals surface area contributed by atoms with E-state index in [1.165, 1.54) is 48.4 Å². The van der Waals surface area contributed by atoms with Crippen LogP contribution in [0.2, 0.25) is 5.02 Å². The lowest BCUT2D eigenvalue weighted by molar-refractivity contribution is 0.330. The second-order valence-corrected chi connectivity index (χ2v) is 7.24. The van der Waals surface area contributed by atoms with Gasteiger partial charge >= 0.3 is 0 Å². The van der Waals surface area contributed by atoms with Gasteiger partial charge in [-0.1, -0.05) is 41.9 Å². The molecular formula is C22H23ClN2. The first-order valence-electron chi connectivity index (χ1n) is 8.97. The summed E-state index contributed by atoms with van der Waals surface area (Å²) in [5.41, 5.74) is 6.38. The van der Waals surface area contributed by atoms with Gasteiger partial charge < -0.3 is 4.57 Å². The molecule has 1 aromatic heterocycles. The summed E-state index contributed by atoms with van der Waals surface area (Å²) in [6, 6.07) is 21.1. The van der Waals surface area contributed by atoms with Gasteiger partial charge in [0.15, 0.2) is 0 Å². The third-order valence-corrected chi connectivity index (χ3v) is 5.35. The molecule has 1 aliphatic rings. The quantitative estimate of drug-likeness (QED) is 0.585. The van der Waals surface area contributed by atoms with Crippen LogP contribution in [0.25, 0.3) is 16.9 Å². The Bertz CT molecular complexity index is 844. The maximum atomic E-state index is 6.10. The summed E-state index contributed by atoms with van der Waals surface area (Å²) in [6.45, 7) is 5.69. The Morgan fingerprint density at radius 1 is 0.920 bits per heavy atom. The lowest BCUT2D eigenvalue weighted by atomic mass is 10.1. The Hall–Kier alpha value is -2.03. The lowest BCUT2D eigenvalue weighted by Crippen LogP contribution is -2.18. The minimum atomic E-state index is 0.770. The number of nitrogens with zero attached hydrogens (tertiary/aromatic N) is 2. The molecule has 2 aromatic carbocycles. The van der Waals surface area contributed by atoms with Crippen molar-refractivity contribution in [2.75, 3.05) is 13.1 Å². The van der Waals surface area contributed by atoms with Crippen molar-refractivity contribution in [3.8, 4) is 16.9 Å². The summed E-state index contributed by atoms with van der Waals surface area (Å²) in [6.07, 6.45) is 2.64. The second-order valence-electron chi connectivity index (χ2n) is 6.80. The zero-order chi connectivity index (χ0) is 17.2. The van der Waals surface area contributed by atoms with Gasteiger partial charge in [0.25, 0.3) is 0 Å². The molecule has 0 radical (unpaired) electrons. The van der Waals surface area contributed by atoms with Gasteiger partial charge in [-0.05, 0) is 74.3 Å². The summed E-state index contributed by atoms with van der Waals surface area (Å²) < 4.78 is 2.36. The molecule has 0 spiro atoms. The molecule has 4 rings (SSSR count). The monoisotopic (exact) mass is 350 g/mol. The maximum absolute atomic E-state index is 6.10. The maximum Gasteiger partial charge on any atom is 0.0534 e. The molecule has 0 bridgehead atoms. The van der Waals surface area contributed by atoms with E-state index in [-0.39, 0.29) is 0 Å². The number of likely N-dealkylation sites (tertiary alicyclic amines) is 1. The molecule has 0 aliphatic carbocycles.